The summed E-state index contributed by atoms with van der Waals surface area (Å²) in [4.78, 5) is 179. The fourth-order valence-corrected chi connectivity index (χ4v) is 12.5. The summed E-state index contributed by atoms with van der Waals surface area (Å²) in [6.07, 6.45) is 5.50. The number of rotatable bonds is 50. The van der Waals surface area contributed by atoms with Gasteiger partial charge in [-0.25, -0.2) is 4.79 Å². The Morgan fingerprint density at radius 2 is 0.886 bits per heavy atom. The zero-order valence-corrected chi connectivity index (χ0v) is 63.5. The van der Waals surface area contributed by atoms with Crippen LogP contribution in [0.25, 0.3) is 0 Å². The number of carbonyl (C=O) groups is 12. The molecule has 1 saturated heterocycles. The topological polar surface area (TPSA) is 550 Å². The number of aliphatic imine (C=N–C) groups is 2. The third-order valence-corrected chi connectivity index (χ3v) is 18.5. The van der Waals surface area contributed by atoms with Gasteiger partial charge in [0.05, 0.1) is 12.6 Å². The third-order valence-electron chi connectivity index (χ3n) is 16.9. The first kappa shape index (κ1) is 90.8. The van der Waals surface area contributed by atoms with Gasteiger partial charge in [0.25, 0.3) is 0 Å². The number of unbranched alkanes of at least 4 members (excludes halogenated alkanes) is 1. The van der Waals surface area contributed by atoms with E-state index in [1.165, 1.54) is 28.4 Å². The number of amides is 11. The summed E-state index contributed by atoms with van der Waals surface area (Å²) >= 11 is 7.03. The number of aliphatic hydroxyl groups is 1. The first-order valence-electron chi connectivity index (χ1n) is 35.4. The summed E-state index contributed by atoms with van der Waals surface area (Å²) in [6.45, 7) is 6.91. The second kappa shape index (κ2) is 49.4. The predicted octanol–water partition coefficient (Wildman–Crippen LogP) is -2.52. The molecule has 0 unspecified atom stereocenters. The number of benzene rings is 2. The Hall–Kier alpha value is -8.45. The van der Waals surface area contributed by atoms with E-state index in [4.69, 9.17) is 34.4 Å². The van der Waals surface area contributed by atoms with Gasteiger partial charge < -0.3 is 103 Å². The van der Waals surface area contributed by atoms with Crippen molar-refractivity contribution in [3.63, 3.8) is 0 Å². The Morgan fingerprint density at radius 3 is 1.30 bits per heavy atom. The van der Waals surface area contributed by atoms with E-state index in [0.717, 1.165) is 0 Å². The minimum Gasteiger partial charge on any atom is -0.480 e. The minimum atomic E-state index is -1.47. The van der Waals surface area contributed by atoms with Crippen molar-refractivity contribution in [1.82, 2.24) is 58.1 Å². The zero-order chi connectivity index (χ0) is 78.1. The number of guanidine groups is 2. The highest BCUT2D eigenvalue weighted by Gasteiger charge is 2.41. The minimum absolute atomic E-state index is 0.00252. The highest BCUT2D eigenvalue weighted by Crippen LogP contribution is 2.21. The molecule has 1 heterocycles. The Balaban J connectivity index is 2.01. The SMILES string of the molecule is CSCC[C@H](NC(=O)[C@H](CS)NC(=O)[C@H](Cc1ccccc1)NC(=O)[C@H](CC(C)C)NC(=O)[C@H](CC(C)C)NC(=O)[C@H](Cc1ccccc1)NC(=O)[C@H](CCCN=C(N)N)NC(=O)[C@H](CCCN=C(N)N)NC(=O)[C@H](CCSC)NC(=O)[C@@H]1CCCN1C(=O)[C@H](CO)NC(=O)[C@@H](N)CCCCN)C(=O)O. The van der Waals surface area contributed by atoms with Gasteiger partial charge in [-0.1, -0.05) is 94.8 Å². The van der Waals surface area contributed by atoms with Gasteiger partial charge in [-0.15, -0.1) is 0 Å². The maximum atomic E-state index is 15.0. The van der Waals surface area contributed by atoms with E-state index >= 15 is 0 Å². The molecule has 3 rings (SSSR count). The molecule has 105 heavy (non-hydrogen) atoms. The molecule has 24 N–H and O–H groups in total. The monoisotopic (exact) mass is 1530 g/mol. The number of thiol groups is 1. The van der Waals surface area contributed by atoms with E-state index in [0.29, 0.717) is 48.4 Å². The number of hydrogen-bond acceptors (Lipinski definition) is 20. The molecule has 0 spiro atoms. The lowest BCUT2D eigenvalue weighted by atomic mass is 9.98. The van der Waals surface area contributed by atoms with E-state index in [1.54, 1.807) is 87.0 Å². The van der Waals surface area contributed by atoms with Crippen molar-refractivity contribution < 1.29 is 67.7 Å². The Kier molecular flexibility index (Phi) is 42.7. The molecule has 33 nitrogen and oxygen atoms in total. The number of nitrogens with one attached hydrogen (secondary N) is 10. The number of carboxylic acids is 1. The molecule has 1 aliphatic heterocycles. The maximum absolute atomic E-state index is 15.0. The van der Waals surface area contributed by atoms with Crippen molar-refractivity contribution in [2.24, 2.45) is 56.2 Å². The molecule has 2 aromatic rings. The highest BCUT2D eigenvalue weighted by atomic mass is 32.2. The molecular formula is C69H113N19O14S3. The van der Waals surface area contributed by atoms with Crippen LogP contribution in [0.4, 0.5) is 0 Å². The van der Waals surface area contributed by atoms with Crippen LogP contribution >= 0.6 is 36.2 Å². The molecule has 1 aliphatic rings. The van der Waals surface area contributed by atoms with E-state index in [2.05, 4.69) is 75.8 Å². The fraction of sp³-hybridized carbons (Fsp3) is 0.623. The third kappa shape index (κ3) is 34.1. The number of aliphatic carboxylic acids is 1. The number of carboxylic acid groups (broad SMARTS) is 1. The largest absolute Gasteiger partial charge is 0.480 e. The average Bonchev–Trinajstić information content (AvgIpc) is 1.72. The number of carbonyl (C=O) groups excluding carboxylic acids is 11. The standard InChI is InChI=1S/C69H113N19O14S3/c1-40(2)34-49(60(94)82-50(35-41(3)4)61(95)85-52(37-43-20-11-8-12-21-43)63(97)87-54(39-103)64(98)81-48(67(101)102)27-33-105-6)83-62(96)51(36-42-18-9-7-10-19-42)84-58(92)46(24-16-30-77-69(74)75)78-57(91)45(23-15-29-76-68(72)73)79-59(93)47(26-32-104-5)80-65(99)55-25-17-31-88(55)66(100)53(38-89)86-56(90)44(71)22-13-14-28-70/h7-12,18-21,40-41,44-55,89,103H,13-17,22-39,70-71H2,1-6H3,(H,78,91)(H,79,93)(H,80,99)(H,81,98)(H,82,94)(H,83,96)(H,84,92)(H,85,95)(H,86,90)(H,87,97)(H,101,102)(H4,72,73,76)(H4,74,75,77)/t44-,45-,46-,47-,48-,49-,50-,51-,52-,53-,54-,55-/m0/s1. The molecule has 0 aliphatic carbocycles. The molecule has 0 aromatic heterocycles. The van der Waals surface area contributed by atoms with Crippen molar-refractivity contribution in [3.8, 4) is 0 Å². The lowest BCUT2D eigenvalue weighted by molar-refractivity contribution is -0.143. The summed E-state index contributed by atoms with van der Waals surface area (Å²) in [5.74, 6) is -10.4. The van der Waals surface area contributed by atoms with Gasteiger partial charge in [0, 0.05) is 38.2 Å². The van der Waals surface area contributed by atoms with Crippen molar-refractivity contribution >= 4 is 119 Å². The molecule has 1 fully saturated rings. The predicted molar refractivity (Wildman–Crippen MR) is 409 cm³/mol. The highest BCUT2D eigenvalue weighted by molar-refractivity contribution is 7.98. The molecule has 11 amide bonds. The quantitative estimate of drug-likeness (QED) is 0.0141. The number of nitrogens with two attached hydrogens (primary N) is 6. The first-order chi connectivity index (χ1) is 50.0. The molecule has 12 atom stereocenters. The molecule has 36 heteroatoms. The van der Waals surface area contributed by atoms with Gasteiger partial charge in [0.15, 0.2) is 11.9 Å². The van der Waals surface area contributed by atoms with Gasteiger partial charge in [-0.3, -0.25) is 62.7 Å². The Morgan fingerprint density at radius 1 is 0.505 bits per heavy atom. The van der Waals surface area contributed by atoms with E-state index in [1.807, 2.05) is 13.8 Å². The molecular weight excluding hydrogens is 1420 g/mol. The first-order valence-corrected chi connectivity index (χ1v) is 38.8. The summed E-state index contributed by atoms with van der Waals surface area (Å²) < 4.78 is 0. The number of likely N-dealkylation sites (tertiary alicyclic amines) is 1. The van der Waals surface area contributed by atoms with Crippen molar-refractivity contribution in [2.45, 2.75) is 197 Å². The summed E-state index contributed by atoms with van der Waals surface area (Å²) in [5, 5.41) is 47.0. The van der Waals surface area contributed by atoms with E-state index < -0.39 is 150 Å². The van der Waals surface area contributed by atoms with E-state index in [9.17, 15) is 67.7 Å². The van der Waals surface area contributed by atoms with Crippen LogP contribution in [0.2, 0.25) is 0 Å². The van der Waals surface area contributed by atoms with Crippen molar-refractivity contribution in [2.75, 3.05) is 62.6 Å². The van der Waals surface area contributed by atoms with Gasteiger partial charge in [-0.2, -0.15) is 36.2 Å². The second-order valence-electron chi connectivity index (χ2n) is 26.5. The van der Waals surface area contributed by atoms with Crippen LogP contribution in [0, 0.1) is 11.8 Å². The number of nitrogens with zero attached hydrogens (tertiary/aromatic N) is 3. The van der Waals surface area contributed by atoms with Crippen LogP contribution in [0.5, 0.6) is 0 Å². The van der Waals surface area contributed by atoms with Crippen LogP contribution in [0.3, 0.4) is 0 Å². The van der Waals surface area contributed by atoms with Crippen molar-refractivity contribution in [3.05, 3.63) is 71.8 Å². The Bertz CT molecular complexity index is 3170. The maximum Gasteiger partial charge on any atom is 0.326 e. The van der Waals surface area contributed by atoms with Crippen LogP contribution in [-0.4, -0.2) is 233 Å². The van der Waals surface area contributed by atoms with Crippen LogP contribution in [0.1, 0.15) is 122 Å². The van der Waals surface area contributed by atoms with Crippen LogP contribution in [-0.2, 0) is 70.4 Å². The van der Waals surface area contributed by atoms with Gasteiger partial charge in [-0.05, 0) is 131 Å². The molecule has 586 valence electrons. The van der Waals surface area contributed by atoms with E-state index in [-0.39, 0.29) is 126 Å². The number of hydrogen-bond donors (Lipinski definition) is 19. The van der Waals surface area contributed by atoms with Crippen LogP contribution in [0.15, 0.2) is 70.6 Å². The molecule has 0 bridgehead atoms. The summed E-state index contributed by atoms with van der Waals surface area (Å²) in [5.41, 5.74) is 35.4. The lowest BCUT2D eigenvalue weighted by Gasteiger charge is -2.30. The summed E-state index contributed by atoms with van der Waals surface area (Å²) in [6, 6.07) is 1.51. The Labute approximate surface area is 628 Å². The molecule has 0 radical (unpaired) electrons. The normalized spacial score (nSPS) is 15.8. The van der Waals surface area contributed by atoms with Gasteiger partial charge in [0.2, 0.25) is 65.0 Å². The average molecular weight is 1530 g/mol. The van der Waals surface area contributed by atoms with Crippen LogP contribution < -0.4 is 87.6 Å². The molecule has 0 saturated carbocycles. The second-order valence-corrected chi connectivity index (χ2v) is 28.8. The zero-order valence-electron chi connectivity index (χ0n) is 61.0. The lowest BCUT2D eigenvalue weighted by Crippen LogP contribution is -2.61. The summed E-state index contributed by atoms with van der Waals surface area (Å²) in [7, 11) is 0. The number of thioether (sulfide) groups is 2. The number of aliphatic hydroxyl groups excluding tert-OH is 1. The van der Waals surface area contributed by atoms with Gasteiger partial charge in [0.1, 0.15) is 66.5 Å². The molecule has 2 aromatic carbocycles. The van der Waals surface area contributed by atoms with Gasteiger partial charge >= 0.3 is 5.97 Å². The fourth-order valence-electron chi connectivity index (χ4n) is 11.3. The smallest absolute Gasteiger partial charge is 0.326 e. The van der Waals surface area contributed by atoms with Crippen molar-refractivity contribution in [1.29, 1.82) is 0 Å².